The summed E-state index contributed by atoms with van der Waals surface area (Å²) >= 11 is 0. The van der Waals surface area contributed by atoms with Crippen molar-refractivity contribution in [2.75, 3.05) is 31.2 Å². The highest BCUT2D eigenvalue weighted by molar-refractivity contribution is 5.54. The molecule has 0 saturated carbocycles. The lowest BCUT2D eigenvalue weighted by Crippen LogP contribution is -2.37. The van der Waals surface area contributed by atoms with Crippen molar-refractivity contribution in [2.45, 2.75) is 0 Å². The highest BCUT2D eigenvalue weighted by atomic mass is 16.6. The van der Waals surface area contributed by atoms with Crippen LogP contribution in [0.2, 0.25) is 0 Å². The van der Waals surface area contributed by atoms with Gasteiger partial charge >= 0.3 is 0 Å². The molecule has 0 aliphatic carbocycles. The molecule has 1 fully saturated rings. The van der Waals surface area contributed by atoms with Crippen molar-refractivity contribution in [3.05, 3.63) is 40.1 Å². The summed E-state index contributed by atoms with van der Waals surface area (Å²) in [6.07, 6.45) is 0. The van der Waals surface area contributed by atoms with E-state index in [0.29, 0.717) is 32.1 Å². The Kier molecular flexibility index (Phi) is 3.67. The number of benzene rings is 1. The molecule has 22 heavy (non-hydrogen) atoms. The molecular weight excluding hydrogens is 288 g/mol. The first kappa shape index (κ1) is 14.0. The van der Waals surface area contributed by atoms with Crippen LogP contribution in [0.1, 0.15) is 5.69 Å². The minimum absolute atomic E-state index is 0.115. The predicted molar refractivity (Wildman–Crippen MR) is 75.8 cm³/mol. The maximum Gasteiger partial charge on any atom is 0.296 e. The molecular formula is C13H12N6O3. The van der Waals surface area contributed by atoms with E-state index in [0.717, 1.165) is 4.80 Å². The molecule has 0 unspecified atom stereocenters. The van der Waals surface area contributed by atoms with E-state index in [1.54, 1.807) is 18.2 Å². The van der Waals surface area contributed by atoms with Gasteiger partial charge in [0.15, 0.2) is 11.5 Å². The van der Waals surface area contributed by atoms with Crippen LogP contribution >= 0.6 is 0 Å². The summed E-state index contributed by atoms with van der Waals surface area (Å²) < 4.78 is 5.27. The van der Waals surface area contributed by atoms with Gasteiger partial charge < -0.3 is 9.64 Å². The fourth-order valence-corrected chi connectivity index (χ4v) is 2.25. The second-order valence-electron chi connectivity index (χ2n) is 4.62. The number of hydrogen-bond acceptors (Lipinski definition) is 7. The summed E-state index contributed by atoms with van der Waals surface area (Å²) in [5.74, 6) is 0.420. The van der Waals surface area contributed by atoms with Crippen molar-refractivity contribution >= 4 is 11.5 Å². The van der Waals surface area contributed by atoms with Crippen molar-refractivity contribution in [3.8, 4) is 11.8 Å². The van der Waals surface area contributed by atoms with Crippen LogP contribution in [0, 0.1) is 21.4 Å². The van der Waals surface area contributed by atoms with Gasteiger partial charge in [-0.2, -0.15) is 5.26 Å². The van der Waals surface area contributed by atoms with E-state index in [1.165, 1.54) is 6.07 Å². The monoisotopic (exact) mass is 300 g/mol. The third-order valence-electron chi connectivity index (χ3n) is 3.31. The molecule has 112 valence electrons. The summed E-state index contributed by atoms with van der Waals surface area (Å²) in [7, 11) is 0. The van der Waals surface area contributed by atoms with Crippen LogP contribution in [0.25, 0.3) is 5.69 Å². The predicted octanol–water partition coefficient (Wildman–Crippen LogP) is 0.884. The Labute approximate surface area is 125 Å². The first-order valence-electron chi connectivity index (χ1n) is 6.64. The SMILES string of the molecule is N#Cc1nn(-c2ccccc2[N+](=O)[O-])nc1N1CCOCC1. The van der Waals surface area contributed by atoms with Gasteiger partial charge in [0.2, 0.25) is 5.69 Å². The van der Waals surface area contributed by atoms with Crippen molar-refractivity contribution in [3.63, 3.8) is 0 Å². The van der Waals surface area contributed by atoms with E-state index in [1.807, 2.05) is 11.0 Å². The van der Waals surface area contributed by atoms with Gasteiger partial charge in [-0.15, -0.1) is 15.0 Å². The lowest BCUT2D eigenvalue weighted by atomic mass is 10.3. The lowest BCUT2D eigenvalue weighted by Gasteiger charge is -2.26. The number of nitrogens with zero attached hydrogens (tertiary/aromatic N) is 6. The molecule has 3 rings (SSSR count). The molecule has 0 amide bonds. The van der Waals surface area contributed by atoms with Gasteiger partial charge in [0, 0.05) is 19.2 Å². The number of nitriles is 1. The summed E-state index contributed by atoms with van der Waals surface area (Å²) in [6, 6.07) is 8.13. The molecule has 0 N–H and O–H groups in total. The van der Waals surface area contributed by atoms with Crippen LogP contribution in [-0.4, -0.2) is 46.2 Å². The molecule has 2 heterocycles. The van der Waals surface area contributed by atoms with Crippen LogP contribution in [0.3, 0.4) is 0 Å². The third kappa shape index (κ3) is 2.47. The molecule has 1 saturated heterocycles. The molecule has 9 nitrogen and oxygen atoms in total. The van der Waals surface area contributed by atoms with E-state index < -0.39 is 4.92 Å². The van der Waals surface area contributed by atoms with Gasteiger partial charge in [0.25, 0.3) is 5.69 Å². The molecule has 1 aromatic heterocycles. The van der Waals surface area contributed by atoms with Crippen LogP contribution in [-0.2, 0) is 4.74 Å². The molecule has 1 aliphatic heterocycles. The van der Waals surface area contributed by atoms with E-state index in [9.17, 15) is 15.4 Å². The fourth-order valence-electron chi connectivity index (χ4n) is 2.25. The molecule has 9 heteroatoms. The Bertz CT molecular complexity index is 744. The smallest absolute Gasteiger partial charge is 0.296 e. The highest BCUT2D eigenvalue weighted by Gasteiger charge is 2.23. The van der Waals surface area contributed by atoms with Crippen molar-refractivity contribution in [2.24, 2.45) is 0 Å². The summed E-state index contributed by atoms with van der Waals surface area (Å²) in [5.41, 5.74) is 0.249. The lowest BCUT2D eigenvalue weighted by molar-refractivity contribution is -0.384. The van der Waals surface area contributed by atoms with E-state index in [4.69, 9.17) is 4.74 Å². The standard InChI is InChI=1S/C13H12N6O3/c14-9-10-13(17-5-7-22-8-6-17)16-18(15-10)11-3-1-2-4-12(11)19(20)21/h1-4H,5-8H2. The van der Waals surface area contributed by atoms with Crippen LogP contribution in [0.4, 0.5) is 11.5 Å². The maximum absolute atomic E-state index is 11.1. The molecule has 2 aromatic rings. The van der Waals surface area contributed by atoms with Crippen molar-refractivity contribution in [1.29, 1.82) is 5.26 Å². The topological polar surface area (TPSA) is 110 Å². The molecule has 0 atom stereocenters. The zero-order chi connectivity index (χ0) is 15.5. The normalized spacial score (nSPS) is 14.6. The Balaban J connectivity index is 2.04. The number of para-hydroxylation sites is 2. The largest absolute Gasteiger partial charge is 0.378 e. The number of nitro benzene ring substituents is 1. The quantitative estimate of drug-likeness (QED) is 0.611. The summed E-state index contributed by atoms with van der Waals surface area (Å²) in [6.45, 7) is 2.29. The van der Waals surface area contributed by atoms with E-state index in [2.05, 4.69) is 10.2 Å². The Morgan fingerprint density at radius 1 is 1.27 bits per heavy atom. The van der Waals surface area contributed by atoms with Gasteiger partial charge in [0.05, 0.1) is 18.1 Å². The van der Waals surface area contributed by atoms with Gasteiger partial charge in [-0.3, -0.25) is 10.1 Å². The van der Waals surface area contributed by atoms with Crippen LogP contribution in [0.15, 0.2) is 24.3 Å². The summed E-state index contributed by atoms with van der Waals surface area (Å²) in [5, 5.41) is 28.7. The second-order valence-corrected chi connectivity index (χ2v) is 4.62. The van der Waals surface area contributed by atoms with E-state index in [-0.39, 0.29) is 17.1 Å². The number of anilines is 1. The van der Waals surface area contributed by atoms with Gasteiger partial charge in [-0.05, 0) is 6.07 Å². The maximum atomic E-state index is 11.1. The number of morpholine rings is 1. The summed E-state index contributed by atoms with van der Waals surface area (Å²) in [4.78, 5) is 13.6. The molecule has 0 spiro atoms. The minimum Gasteiger partial charge on any atom is -0.378 e. The van der Waals surface area contributed by atoms with Crippen molar-refractivity contribution < 1.29 is 9.66 Å². The highest BCUT2D eigenvalue weighted by Crippen LogP contribution is 2.24. The molecule has 1 aliphatic rings. The fraction of sp³-hybridized carbons (Fsp3) is 0.308. The van der Waals surface area contributed by atoms with Gasteiger partial charge in [0.1, 0.15) is 6.07 Å². The van der Waals surface area contributed by atoms with Crippen LogP contribution < -0.4 is 4.90 Å². The minimum atomic E-state index is -0.501. The zero-order valence-electron chi connectivity index (χ0n) is 11.5. The Morgan fingerprint density at radius 3 is 2.68 bits per heavy atom. The zero-order valence-corrected chi connectivity index (χ0v) is 11.5. The average molecular weight is 300 g/mol. The number of nitro groups is 1. The molecule has 1 aromatic carbocycles. The first-order valence-corrected chi connectivity index (χ1v) is 6.64. The van der Waals surface area contributed by atoms with Gasteiger partial charge in [-0.1, -0.05) is 12.1 Å². The van der Waals surface area contributed by atoms with E-state index >= 15 is 0 Å². The van der Waals surface area contributed by atoms with Gasteiger partial charge in [-0.25, -0.2) is 0 Å². The van der Waals surface area contributed by atoms with Crippen molar-refractivity contribution in [1.82, 2.24) is 15.0 Å². The third-order valence-corrected chi connectivity index (χ3v) is 3.31. The second kappa shape index (κ2) is 5.79. The molecule has 0 bridgehead atoms. The average Bonchev–Trinajstić information content (AvgIpc) is 3.00. The number of aromatic nitrogens is 3. The Morgan fingerprint density at radius 2 is 2.00 bits per heavy atom. The Hall–Kier alpha value is -2.99. The number of ether oxygens (including phenoxy) is 1. The number of hydrogen-bond donors (Lipinski definition) is 0. The van der Waals surface area contributed by atoms with Crippen LogP contribution in [0.5, 0.6) is 0 Å². The first-order chi connectivity index (χ1) is 10.7. The number of rotatable bonds is 3. The molecule has 0 radical (unpaired) electrons.